The topological polar surface area (TPSA) is 35.5 Å². The van der Waals surface area contributed by atoms with Crippen LogP contribution in [0.4, 0.5) is 0 Å². The molecule has 3 heteroatoms. The number of nitrogens with one attached hydrogen (secondary N) is 1. The summed E-state index contributed by atoms with van der Waals surface area (Å²) in [5.41, 5.74) is 0. The van der Waals surface area contributed by atoms with E-state index < -0.39 is 0 Å². The van der Waals surface area contributed by atoms with Crippen molar-refractivity contribution in [3.8, 4) is 0 Å². The Labute approximate surface area is 130 Å². The minimum Gasteiger partial charge on any atom is -0.396 e. The molecule has 0 bridgehead atoms. The minimum absolute atomic E-state index is 0.356. The first-order chi connectivity index (χ1) is 10.3. The summed E-state index contributed by atoms with van der Waals surface area (Å²) in [5.74, 6) is 1.57. The smallest absolute Gasteiger partial charge is 0.0434 e. The van der Waals surface area contributed by atoms with Gasteiger partial charge in [-0.15, -0.1) is 0 Å². The summed E-state index contributed by atoms with van der Waals surface area (Å²) in [6.45, 7) is 5.23. The Morgan fingerprint density at radius 1 is 1.00 bits per heavy atom. The van der Waals surface area contributed by atoms with Gasteiger partial charge in [0.2, 0.25) is 0 Å². The third-order valence-electron chi connectivity index (χ3n) is 6.22. The molecule has 0 spiro atoms. The highest BCUT2D eigenvalue weighted by atomic mass is 16.3. The molecule has 4 unspecified atom stereocenters. The molecule has 3 nitrogen and oxygen atoms in total. The van der Waals surface area contributed by atoms with Gasteiger partial charge in [-0.25, -0.2) is 0 Å². The molecule has 2 N–H and O–H groups in total. The molecular formula is C18H34N2O. The average molecular weight is 294 g/mol. The standard InChI is InChI=1S/C18H34N2O/c1-14-7-8-18(14)20-12-15(9-10-21)11-17(13-20)19-16-5-3-2-4-6-16/h14-19,21H,2-13H2,1H3. The maximum atomic E-state index is 9.34. The van der Waals surface area contributed by atoms with Crippen molar-refractivity contribution in [3.05, 3.63) is 0 Å². The monoisotopic (exact) mass is 294 g/mol. The third kappa shape index (κ3) is 4.00. The number of hydrogen-bond donors (Lipinski definition) is 2. The van der Waals surface area contributed by atoms with Gasteiger partial charge >= 0.3 is 0 Å². The van der Waals surface area contributed by atoms with Crippen LogP contribution in [-0.4, -0.2) is 47.8 Å². The highest BCUT2D eigenvalue weighted by Crippen LogP contribution is 2.35. The highest BCUT2D eigenvalue weighted by molar-refractivity contribution is 4.93. The van der Waals surface area contributed by atoms with Crippen LogP contribution in [0.1, 0.15) is 64.7 Å². The molecule has 1 saturated heterocycles. The summed E-state index contributed by atoms with van der Waals surface area (Å²) in [6, 6.07) is 2.24. The van der Waals surface area contributed by atoms with Gasteiger partial charge in [0.25, 0.3) is 0 Å². The summed E-state index contributed by atoms with van der Waals surface area (Å²) in [6.07, 6.45) is 12.1. The largest absolute Gasteiger partial charge is 0.396 e. The molecule has 1 heterocycles. The van der Waals surface area contributed by atoms with E-state index in [0.29, 0.717) is 18.6 Å². The molecule has 4 atom stereocenters. The fourth-order valence-electron chi connectivity index (χ4n) is 4.82. The lowest BCUT2D eigenvalue weighted by atomic mass is 9.77. The van der Waals surface area contributed by atoms with E-state index in [1.807, 2.05) is 0 Å². The quantitative estimate of drug-likeness (QED) is 0.818. The van der Waals surface area contributed by atoms with E-state index in [-0.39, 0.29) is 0 Å². The van der Waals surface area contributed by atoms with Crippen molar-refractivity contribution in [1.82, 2.24) is 10.2 Å². The molecule has 1 aliphatic heterocycles. The number of piperidine rings is 1. The molecule has 0 aromatic rings. The van der Waals surface area contributed by atoms with Crippen molar-refractivity contribution in [2.24, 2.45) is 11.8 Å². The molecule has 0 radical (unpaired) electrons. The molecule has 0 aromatic carbocycles. The molecule has 2 aliphatic carbocycles. The normalized spacial score (nSPS) is 39.1. The van der Waals surface area contributed by atoms with Gasteiger partial charge in [-0.3, -0.25) is 4.90 Å². The van der Waals surface area contributed by atoms with Gasteiger partial charge in [0.1, 0.15) is 0 Å². The maximum Gasteiger partial charge on any atom is 0.0434 e. The molecule has 3 rings (SSSR count). The van der Waals surface area contributed by atoms with Crippen LogP contribution in [0, 0.1) is 11.8 Å². The predicted octanol–water partition coefficient (Wildman–Crippen LogP) is 2.78. The van der Waals surface area contributed by atoms with E-state index in [4.69, 9.17) is 0 Å². The van der Waals surface area contributed by atoms with Crippen molar-refractivity contribution in [2.45, 2.75) is 82.8 Å². The summed E-state index contributed by atoms with van der Waals surface area (Å²) >= 11 is 0. The molecular weight excluding hydrogens is 260 g/mol. The van der Waals surface area contributed by atoms with Crippen LogP contribution < -0.4 is 5.32 Å². The van der Waals surface area contributed by atoms with Crippen LogP contribution in [0.3, 0.4) is 0 Å². The number of hydrogen-bond acceptors (Lipinski definition) is 3. The number of nitrogens with zero attached hydrogens (tertiary/aromatic N) is 1. The second-order valence-corrected chi connectivity index (χ2v) is 7.89. The van der Waals surface area contributed by atoms with Crippen LogP contribution in [0.2, 0.25) is 0 Å². The number of likely N-dealkylation sites (tertiary alicyclic amines) is 1. The summed E-state index contributed by atoms with van der Waals surface area (Å²) in [5, 5.41) is 13.3. The third-order valence-corrected chi connectivity index (χ3v) is 6.22. The van der Waals surface area contributed by atoms with Crippen LogP contribution in [0.15, 0.2) is 0 Å². The molecule has 3 aliphatic rings. The minimum atomic E-state index is 0.356. The van der Waals surface area contributed by atoms with Gasteiger partial charge in [0, 0.05) is 37.8 Å². The van der Waals surface area contributed by atoms with E-state index in [0.717, 1.165) is 24.4 Å². The van der Waals surface area contributed by atoms with Crippen LogP contribution in [0.5, 0.6) is 0 Å². The lowest BCUT2D eigenvalue weighted by molar-refractivity contribution is 0.0152. The van der Waals surface area contributed by atoms with Gasteiger partial charge < -0.3 is 10.4 Å². The van der Waals surface area contributed by atoms with E-state index in [2.05, 4.69) is 17.1 Å². The van der Waals surface area contributed by atoms with Crippen LogP contribution in [0.25, 0.3) is 0 Å². The van der Waals surface area contributed by atoms with Crippen molar-refractivity contribution in [3.63, 3.8) is 0 Å². The van der Waals surface area contributed by atoms with Crippen molar-refractivity contribution in [2.75, 3.05) is 19.7 Å². The summed E-state index contributed by atoms with van der Waals surface area (Å²) in [4.78, 5) is 2.75. The molecule has 122 valence electrons. The van der Waals surface area contributed by atoms with Gasteiger partial charge in [-0.05, 0) is 50.4 Å². The molecule has 0 amide bonds. The van der Waals surface area contributed by atoms with E-state index in [1.165, 1.54) is 64.5 Å². The van der Waals surface area contributed by atoms with Crippen LogP contribution in [-0.2, 0) is 0 Å². The Balaban J connectivity index is 1.56. The Morgan fingerprint density at radius 3 is 2.43 bits per heavy atom. The SMILES string of the molecule is CC1CCC1N1CC(CCO)CC(NC2CCCCC2)C1. The average Bonchev–Trinajstić information content (AvgIpc) is 2.47. The lowest BCUT2D eigenvalue weighted by Crippen LogP contribution is -2.58. The zero-order valence-electron chi connectivity index (χ0n) is 13.8. The summed E-state index contributed by atoms with van der Waals surface area (Å²) in [7, 11) is 0. The van der Waals surface area contributed by atoms with Crippen molar-refractivity contribution in [1.29, 1.82) is 0 Å². The summed E-state index contributed by atoms with van der Waals surface area (Å²) < 4.78 is 0. The Hall–Kier alpha value is -0.120. The fraction of sp³-hybridized carbons (Fsp3) is 1.00. The van der Waals surface area contributed by atoms with E-state index in [1.54, 1.807) is 0 Å². The van der Waals surface area contributed by atoms with E-state index in [9.17, 15) is 5.11 Å². The Bertz CT molecular complexity index is 316. The second-order valence-electron chi connectivity index (χ2n) is 7.89. The number of aliphatic hydroxyl groups is 1. The lowest BCUT2D eigenvalue weighted by Gasteiger charge is -2.49. The first-order valence-corrected chi connectivity index (χ1v) is 9.37. The molecule has 3 fully saturated rings. The van der Waals surface area contributed by atoms with Gasteiger partial charge in [0.05, 0.1) is 0 Å². The zero-order valence-corrected chi connectivity index (χ0v) is 13.8. The van der Waals surface area contributed by atoms with Gasteiger partial charge in [-0.1, -0.05) is 26.2 Å². The van der Waals surface area contributed by atoms with Gasteiger partial charge in [-0.2, -0.15) is 0 Å². The predicted molar refractivity (Wildman–Crippen MR) is 87.4 cm³/mol. The molecule has 2 saturated carbocycles. The maximum absolute atomic E-state index is 9.34. The first-order valence-electron chi connectivity index (χ1n) is 9.37. The van der Waals surface area contributed by atoms with E-state index >= 15 is 0 Å². The van der Waals surface area contributed by atoms with Crippen LogP contribution >= 0.6 is 0 Å². The highest BCUT2D eigenvalue weighted by Gasteiger charge is 2.37. The number of rotatable bonds is 5. The molecule has 0 aromatic heterocycles. The van der Waals surface area contributed by atoms with Gasteiger partial charge in [0.15, 0.2) is 0 Å². The molecule has 21 heavy (non-hydrogen) atoms. The number of aliphatic hydroxyl groups excluding tert-OH is 1. The fourth-order valence-corrected chi connectivity index (χ4v) is 4.82. The van der Waals surface area contributed by atoms with Crippen molar-refractivity contribution >= 4 is 0 Å². The second kappa shape index (κ2) is 7.43. The Kier molecular flexibility index (Phi) is 5.58. The zero-order chi connectivity index (χ0) is 14.7. The first kappa shape index (κ1) is 15.8. The van der Waals surface area contributed by atoms with Crippen molar-refractivity contribution < 1.29 is 5.11 Å². The Morgan fingerprint density at radius 2 is 1.81 bits per heavy atom.